The van der Waals surface area contributed by atoms with Gasteiger partial charge in [0.2, 0.25) is 0 Å². The van der Waals surface area contributed by atoms with Crippen LogP contribution >= 0.6 is 0 Å². The highest BCUT2D eigenvalue weighted by molar-refractivity contribution is 5.81. The summed E-state index contributed by atoms with van der Waals surface area (Å²) < 4.78 is 4.54. The fourth-order valence-corrected chi connectivity index (χ4v) is 1.39. The molecule has 90 valence electrons. The SMILES string of the molecule is C=C.CC1CCCC(=O)C1C.CCOC. The van der Waals surface area contributed by atoms with Crippen molar-refractivity contribution in [3.63, 3.8) is 0 Å². The van der Waals surface area contributed by atoms with Gasteiger partial charge in [0.15, 0.2) is 0 Å². The van der Waals surface area contributed by atoms with Crippen LogP contribution in [0.4, 0.5) is 0 Å². The molecule has 0 radical (unpaired) electrons. The van der Waals surface area contributed by atoms with Crippen molar-refractivity contribution < 1.29 is 9.53 Å². The highest BCUT2D eigenvalue weighted by Gasteiger charge is 2.23. The number of carbonyl (C=O) groups is 1. The summed E-state index contributed by atoms with van der Waals surface area (Å²) in [7, 11) is 1.68. The number of hydrogen-bond acceptors (Lipinski definition) is 2. The minimum absolute atomic E-state index is 0.332. The smallest absolute Gasteiger partial charge is 0.135 e. The van der Waals surface area contributed by atoms with E-state index in [1.807, 2.05) is 13.8 Å². The van der Waals surface area contributed by atoms with Crippen LogP contribution < -0.4 is 0 Å². The van der Waals surface area contributed by atoms with Crippen molar-refractivity contribution in [2.75, 3.05) is 13.7 Å². The van der Waals surface area contributed by atoms with E-state index in [-0.39, 0.29) is 0 Å². The Labute approximate surface area is 94.7 Å². The first kappa shape index (κ1) is 16.8. The molecule has 1 fully saturated rings. The number of methoxy groups -OCH3 is 1. The average Bonchev–Trinajstić information content (AvgIpc) is 2.29. The topological polar surface area (TPSA) is 26.3 Å². The Kier molecular flexibility index (Phi) is 12.8. The fourth-order valence-electron chi connectivity index (χ4n) is 1.39. The lowest BCUT2D eigenvalue weighted by Crippen LogP contribution is -2.23. The molecule has 0 aromatic rings. The van der Waals surface area contributed by atoms with E-state index >= 15 is 0 Å². The predicted octanol–water partition coefficient (Wildman–Crippen LogP) is 3.47. The van der Waals surface area contributed by atoms with Gasteiger partial charge in [-0.2, -0.15) is 0 Å². The first-order valence-electron chi connectivity index (χ1n) is 5.65. The molecule has 0 bridgehead atoms. The molecule has 0 saturated heterocycles. The van der Waals surface area contributed by atoms with E-state index in [4.69, 9.17) is 0 Å². The maximum Gasteiger partial charge on any atom is 0.135 e. The first-order chi connectivity index (χ1) is 7.13. The number of carbonyl (C=O) groups excluding carboxylic acids is 1. The van der Waals surface area contributed by atoms with Gasteiger partial charge in [-0.1, -0.05) is 13.8 Å². The van der Waals surface area contributed by atoms with Gasteiger partial charge < -0.3 is 4.74 Å². The quantitative estimate of drug-likeness (QED) is 0.625. The van der Waals surface area contributed by atoms with Crippen molar-refractivity contribution in [2.45, 2.75) is 40.0 Å². The first-order valence-corrected chi connectivity index (χ1v) is 5.65. The molecular weight excluding hydrogens is 188 g/mol. The number of ether oxygens (including phenoxy) is 1. The van der Waals surface area contributed by atoms with E-state index in [1.165, 1.54) is 6.42 Å². The van der Waals surface area contributed by atoms with Crippen LogP contribution in [-0.4, -0.2) is 19.5 Å². The van der Waals surface area contributed by atoms with Gasteiger partial charge in [0.25, 0.3) is 0 Å². The molecular formula is C13H26O2. The van der Waals surface area contributed by atoms with E-state index in [0.717, 1.165) is 19.4 Å². The van der Waals surface area contributed by atoms with Crippen LogP contribution in [0.5, 0.6) is 0 Å². The van der Waals surface area contributed by atoms with Crippen molar-refractivity contribution >= 4 is 5.78 Å². The minimum atomic E-state index is 0.332. The predicted molar refractivity (Wildman–Crippen MR) is 66.0 cm³/mol. The van der Waals surface area contributed by atoms with E-state index < -0.39 is 0 Å². The molecule has 1 aliphatic carbocycles. The third-order valence-electron chi connectivity index (χ3n) is 2.73. The summed E-state index contributed by atoms with van der Waals surface area (Å²) in [6.07, 6.45) is 3.18. The van der Waals surface area contributed by atoms with Gasteiger partial charge in [-0.05, 0) is 25.7 Å². The van der Waals surface area contributed by atoms with Crippen LogP contribution in [-0.2, 0) is 9.53 Å². The third kappa shape index (κ3) is 8.37. The number of hydrogen-bond donors (Lipinski definition) is 0. The standard InChI is InChI=1S/C8H14O.C3H8O.C2H4/c1-6-4-3-5-8(9)7(6)2;1-3-4-2;1-2/h6-7H,3-5H2,1-2H3;3H2,1-2H3;1-2H2. The molecule has 0 aliphatic heterocycles. The normalized spacial score (nSPS) is 24.4. The average molecular weight is 214 g/mol. The maximum absolute atomic E-state index is 11.0. The molecule has 1 rings (SSSR count). The molecule has 2 nitrogen and oxygen atoms in total. The van der Waals surface area contributed by atoms with Gasteiger partial charge in [-0.25, -0.2) is 0 Å². The van der Waals surface area contributed by atoms with Crippen molar-refractivity contribution in [3.8, 4) is 0 Å². The summed E-state index contributed by atoms with van der Waals surface area (Å²) >= 11 is 0. The Morgan fingerprint density at radius 2 is 1.87 bits per heavy atom. The second-order valence-electron chi connectivity index (χ2n) is 3.70. The van der Waals surface area contributed by atoms with Gasteiger partial charge in [0, 0.05) is 26.1 Å². The lowest BCUT2D eigenvalue weighted by molar-refractivity contribution is -0.125. The van der Waals surface area contributed by atoms with E-state index in [2.05, 4.69) is 24.8 Å². The molecule has 0 aromatic carbocycles. The molecule has 2 unspecified atom stereocenters. The largest absolute Gasteiger partial charge is 0.385 e. The summed E-state index contributed by atoms with van der Waals surface area (Å²) in [5.74, 6) is 1.43. The Hall–Kier alpha value is -0.630. The van der Waals surface area contributed by atoms with Crippen molar-refractivity contribution in [2.24, 2.45) is 11.8 Å². The molecule has 0 N–H and O–H groups in total. The number of Topliss-reactive ketones (excluding diaryl/α,β-unsaturated/α-hetero) is 1. The Morgan fingerprint density at radius 1 is 1.40 bits per heavy atom. The summed E-state index contributed by atoms with van der Waals surface area (Å²) in [5, 5.41) is 0. The van der Waals surface area contributed by atoms with Gasteiger partial charge in [0.1, 0.15) is 5.78 Å². The zero-order valence-corrected chi connectivity index (χ0v) is 10.7. The van der Waals surface area contributed by atoms with Gasteiger partial charge in [-0.15, -0.1) is 13.2 Å². The molecule has 0 spiro atoms. The summed E-state index contributed by atoms with van der Waals surface area (Å²) in [6.45, 7) is 13.0. The molecule has 2 atom stereocenters. The van der Waals surface area contributed by atoms with Crippen LogP contribution in [0.2, 0.25) is 0 Å². The van der Waals surface area contributed by atoms with Crippen molar-refractivity contribution in [1.82, 2.24) is 0 Å². The Balaban J connectivity index is 0. The number of rotatable bonds is 1. The van der Waals surface area contributed by atoms with Crippen LogP contribution in [0, 0.1) is 11.8 Å². The summed E-state index contributed by atoms with van der Waals surface area (Å²) in [6, 6.07) is 0. The lowest BCUT2D eigenvalue weighted by Gasteiger charge is -2.23. The molecule has 1 saturated carbocycles. The molecule has 2 heteroatoms. The monoisotopic (exact) mass is 214 g/mol. The van der Waals surface area contributed by atoms with E-state index in [1.54, 1.807) is 7.11 Å². The van der Waals surface area contributed by atoms with Gasteiger partial charge in [-0.3, -0.25) is 4.79 Å². The minimum Gasteiger partial charge on any atom is -0.385 e. The van der Waals surface area contributed by atoms with Gasteiger partial charge >= 0.3 is 0 Å². The molecule has 1 aliphatic rings. The van der Waals surface area contributed by atoms with Crippen molar-refractivity contribution in [3.05, 3.63) is 13.2 Å². The van der Waals surface area contributed by atoms with Crippen LogP contribution in [0.1, 0.15) is 40.0 Å². The molecule has 0 heterocycles. The Bertz CT molecular complexity index is 153. The van der Waals surface area contributed by atoms with Gasteiger partial charge in [0.05, 0.1) is 0 Å². The summed E-state index contributed by atoms with van der Waals surface area (Å²) in [5.41, 5.74) is 0. The second kappa shape index (κ2) is 11.4. The fraction of sp³-hybridized carbons (Fsp3) is 0.769. The van der Waals surface area contributed by atoms with E-state index in [9.17, 15) is 4.79 Å². The van der Waals surface area contributed by atoms with E-state index in [0.29, 0.717) is 17.6 Å². The molecule has 15 heavy (non-hydrogen) atoms. The second-order valence-corrected chi connectivity index (χ2v) is 3.70. The summed E-state index contributed by atoms with van der Waals surface area (Å²) in [4.78, 5) is 11.0. The van der Waals surface area contributed by atoms with Crippen molar-refractivity contribution in [1.29, 1.82) is 0 Å². The Morgan fingerprint density at radius 3 is 2.13 bits per heavy atom. The number of ketones is 1. The van der Waals surface area contributed by atoms with Crippen LogP contribution in [0.3, 0.4) is 0 Å². The third-order valence-corrected chi connectivity index (χ3v) is 2.73. The molecule has 0 aromatic heterocycles. The zero-order valence-electron chi connectivity index (χ0n) is 10.7. The maximum atomic E-state index is 11.0. The molecule has 0 amide bonds. The highest BCUT2D eigenvalue weighted by atomic mass is 16.5. The zero-order chi connectivity index (χ0) is 12.3. The lowest BCUT2D eigenvalue weighted by atomic mass is 9.81. The van der Waals surface area contributed by atoms with Crippen LogP contribution in [0.25, 0.3) is 0 Å². The highest BCUT2D eigenvalue weighted by Crippen LogP contribution is 2.25. The van der Waals surface area contributed by atoms with Crippen LogP contribution in [0.15, 0.2) is 13.2 Å².